The van der Waals surface area contributed by atoms with Crippen LogP contribution < -0.4 is 0 Å². The maximum atomic E-state index is 5.65. The summed E-state index contributed by atoms with van der Waals surface area (Å²) in [5.74, 6) is 0.682. The monoisotopic (exact) mass is 154 g/mol. The van der Waals surface area contributed by atoms with E-state index >= 15 is 0 Å². The Morgan fingerprint density at radius 2 is 2.45 bits per heavy atom. The van der Waals surface area contributed by atoms with E-state index in [4.69, 9.17) is 17.3 Å². The molecule has 1 rings (SSSR count). The molecule has 1 fully saturated rings. The molecule has 0 aromatic rings. The summed E-state index contributed by atoms with van der Waals surface area (Å²) >= 11 is 0. The van der Waals surface area contributed by atoms with Crippen LogP contribution in [0.3, 0.4) is 0 Å². The van der Waals surface area contributed by atoms with E-state index in [9.17, 15) is 0 Å². The highest BCUT2D eigenvalue weighted by Crippen LogP contribution is 2.24. The molecule has 1 heterocycles. The molecule has 0 aliphatic carbocycles. The zero-order chi connectivity index (χ0) is 8.27. The lowest BCUT2D eigenvalue weighted by molar-refractivity contribution is 0.0143. The van der Waals surface area contributed by atoms with E-state index in [1.54, 1.807) is 7.11 Å². The quantitative estimate of drug-likeness (QED) is 0.563. The van der Waals surface area contributed by atoms with Gasteiger partial charge in [-0.3, -0.25) is 0 Å². The zero-order valence-corrected chi connectivity index (χ0v) is 7.25. The summed E-state index contributed by atoms with van der Waals surface area (Å²) in [6.45, 7) is 3.02. The maximum absolute atomic E-state index is 5.65. The fourth-order valence-electron chi connectivity index (χ4n) is 1.39. The molecule has 0 saturated carbocycles. The molecule has 1 saturated heterocycles. The molecule has 62 valence electrons. The van der Waals surface area contributed by atoms with Gasteiger partial charge in [-0.15, -0.1) is 0 Å². The van der Waals surface area contributed by atoms with Crippen molar-refractivity contribution in [1.82, 2.24) is 0 Å². The molecule has 1 aliphatic rings. The second kappa shape index (κ2) is 4.12. The third-order valence-corrected chi connectivity index (χ3v) is 2.33. The minimum atomic E-state index is -0.244. The molecular formula is C8H15BO2. The van der Waals surface area contributed by atoms with Crippen molar-refractivity contribution >= 4 is 7.85 Å². The topological polar surface area (TPSA) is 18.5 Å². The second-order valence-corrected chi connectivity index (χ2v) is 3.08. The highest BCUT2D eigenvalue weighted by atomic mass is 16.5. The van der Waals surface area contributed by atoms with Crippen LogP contribution in [0.5, 0.6) is 0 Å². The fourth-order valence-corrected chi connectivity index (χ4v) is 1.39. The Kier molecular flexibility index (Phi) is 3.40. The molecule has 3 atom stereocenters. The summed E-state index contributed by atoms with van der Waals surface area (Å²) in [5.41, 5.74) is 0. The Labute approximate surface area is 69.7 Å². The van der Waals surface area contributed by atoms with Crippen molar-refractivity contribution in [3.05, 3.63) is 0 Å². The molecule has 0 aromatic heterocycles. The van der Waals surface area contributed by atoms with Gasteiger partial charge in [0.15, 0.2) is 0 Å². The van der Waals surface area contributed by atoms with E-state index in [-0.39, 0.29) is 12.1 Å². The van der Waals surface area contributed by atoms with Crippen molar-refractivity contribution in [2.45, 2.75) is 31.9 Å². The van der Waals surface area contributed by atoms with Crippen LogP contribution in [0.4, 0.5) is 0 Å². The van der Waals surface area contributed by atoms with Gasteiger partial charge in [0.25, 0.3) is 0 Å². The molecular weight excluding hydrogens is 139 g/mol. The lowest BCUT2D eigenvalue weighted by Gasteiger charge is -2.16. The predicted molar refractivity (Wildman–Crippen MR) is 44.7 cm³/mol. The van der Waals surface area contributed by atoms with Gasteiger partial charge in [0.05, 0.1) is 6.10 Å². The van der Waals surface area contributed by atoms with E-state index in [1.807, 2.05) is 0 Å². The molecule has 0 bridgehead atoms. The van der Waals surface area contributed by atoms with Gasteiger partial charge in [0.2, 0.25) is 0 Å². The van der Waals surface area contributed by atoms with Gasteiger partial charge in [-0.2, -0.15) is 0 Å². The van der Waals surface area contributed by atoms with E-state index in [1.165, 1.54) is 6.42 Å². The standard InChI is InChI=1S/C8H15BO2/c1-3-6-4-7(11-5-6)8(9)10-2/h6-8H,3-5H2,1-2H3/t6-,7?,8-/m1/s1. The lowest BCUT2D eigenvalue weighted by atomic mass is 9.90. The molecule has 1 aliphatic heterocycles. The Bertz CT molecular complexity index is 119. The van der Waals surface area contributed by atoms with Crippen molar-refractivity contribution in [3.63, 3.8) is 0 Å². The van der Waals surface area contributed by atoms with Gasteiger partial charge in [-0.05, 0) is 12.3 Å². The minimum Gasteiger partial charge on any atom is -0.389 e. The van der Waals surface area contributed by atoms with Crippen LogP contribution in [0.15, 0.2) is 0 Å². The van der Waals surface area contributed by atoms with Crippen molar-refractivity contribution in [1.29, 1.82) is 0 Å². The fraction of sp³-hybridized carbons (Fsp3) is 1.00. The summed E-state index contributed by atoms with van der Waals surface area (Å²) in [5, 5.41) is 0. The molecule has 0 spiro atoms. The van der Waals surface area contributed by atoms with Gasteiger partial charge >= 0.3 is 0 Å². The van der Waals surface area contributed by atoms with Gasteiger partial charge in [-0.1, -0.05) is 13.3 Å². The maximum Gasteiger partial charge on any atom is 0.112 e. The normalized spacial score (nSPS) is 34.0. The number of methoxy groups -OCH3 is 1. The summed E-state index contributed by atoms with van der Waals surface area (Å²) < 4.78 is 10.4. The molecule has 2 radical (unpaired) electrons. The Balaban J connectivity index is 2.29. The highest BCUT2D eigenvalue weighted by molar-refractivity contribution is 6.11. The van der Waals surface area contributed by atoms with Crippen molar-refractivity contribution in [2.24, 2.45) is 5.92 Å². The second-order valence-electron chi connectivity index (χ2n) is 3.08. The molecule has 0 amide bonds. The number of rotatable bonds is 3. The van der Waals surface area contributed by atoms with Crippen LogP contribution >= 0.6 is 0 Å². The average molecular weight is 154 g/mol. The highest BCUT2D eigenvalue weighted by Gasteiger charge is 2.27. The first kappa shape index (κ1) is 9.08. The predicted octanol–water partition coefficient (Wildman–Crippen LogP) is 0.942. The van der Waals surface area contributed by atoms with E-state index in [0.717, 1.165) is 13.0 Å². The smallest absolute Gasteiger partial charge is 0.112 e. The van der Waals surface area contributed by atoms with Crippen molar-refractivity contribution in [3.8, 4) is 0 Å². The Morgan fingerprint density at radius 3 is 2.91 bits per heavy atom. The van der Waals surface area contributed by atoms with Gasteiger partial charge in [0.1, 0.15) is 7.85 Å². The molecule has 0 N–H and O–H groups in total. The van der Waals surface area contributed by atoms with Gasteiger partial charge in [0, 0.05) is 19.7 Å². The van der Waals surface area contributed by atoms with Crippen molar-refractivity contribution < 1.29 is 9.47 Å². The third-order valence-electron chi connectivity index (χ3n) is 2.33. The molecule has 2 nitrogen and oxygen atoms in total. The summed E-state index contributed by atoms with van der Waals surface area (Å²) in [6, 6.07) is -0.244. The van der Waals surface area contributed by atoms with Crippen LogP contribution in [0, 0.1) is 5.92 Å². The van der Waals surface area contributed by atoms with E-state index in [2.05, 4.69) is 6.92 Å². The van der Waals surface area contributed by atoms with Crippen LogP contribution in [0.1, 0.15) is 19.8 Å². The molecule has 0 aromatic carbocycles. The summed E-state index contributed by atoms with van der Waals surface area (Å²) in [4.78, 5) is 0. The Morgan fingerprint density at radius 1 is 1.73 bits per heavy atom. The van der Waals surface area contributed by atoms with Gasteiger partial charge in [-0.25, -0.2) is 0 Å². The van der Waals surface area contributed by atoms with Crippen LogP contribution in [0.2, 0.25) is 0 Å². The van der Waals surface area contributed by atoms with Gasteiger partial charge < -0.3 is 9.47 Å². The summed E-state index contributed by atoms with van der Waals surface area (Å²) in [7, 11) is 7.27. The first-order chi connectivity index (χ1) is 5.27. The zero-order valence-electron chi connectivity index (χ0n) is 7.25. The number of hydrogen-bond donors (Lipinski definition) is 0. The van der Waals surface area contributed by atoms with Crippen LogP contribution in [-0.2, 0) is 9.47 Å². The average Bonchev–Trinajstić information content (AvgIpc) is 2.50. The van der Waals surface area contributed by atoms with Crippen LogP contribution in [0.25, 0.3) is 0 Å². The molecule has 1 unspecified atom stereocenters. The number of hydrogen-bond acceptors (Lipinski definition) is 2. The number of ether oxygens (including phenoxy) is 2. The first-order valence-electron chi connectivity index (χ1n) is 4.18. The van der Waals surface area contributed by atoms with E-state index < -0.39 is 0 Å². The van der Waals surface area contributed by atoms with E-state index in [0.29, 0.717) is 5.92 Å². The minimum absolute atomic E-state index is 0.116. The summed E-state index contributed by atoms with van der Waals surface area (Å²) in [6.07, 6.45) is 2.34. The largest absolute Gasteiger partial charge is 0.389 e. The van der Waals surface area contributed by atoms with Crippen molar-refractivity contribution in [2.75, 3.05) is 13.7 Å². The Hall–Kier alpha value is -0.0151. The lowest BCUT2D eigenvalue weighted by Crippen LogP contribution is -2.27. The first-order valence-corrected chi connectivity index (χ1v) is 4.18. The molecule has 3 heteroatoms. The third kappa shape index (κ3) is 2.21. The SMILES string of the molecule is [B][C@H](OC)C1C[C@@H](CC)CO1. The van der Waals surface area contributed by atoms with Crippen LogP contribution in [-0.4, -0.2) is 33.7 Å². The molecule has 11 heavy (non-hydrogen) atoms.